The van der Waals surface area contributed by atoms with E-state index in [1.54, 1.807) is 30.0 Å². The van der Waals surface area contributed by atoms with Crippen molar-refractivity contribution in [3.8, 4) is 0 Å². The minimum absolute atomic E-state index is 0.244. The van der Waals surface area contributed by atoms with E-state index in [4.69, 9.17) is 17.3 Å². The number of thioether (sulfide) groups is 1. The van der Waals surface area contributed by atoms with Gasteiger partial charge < -0.3 is 11.1 Å². The Balaban J connectivity index is 2.15. The standard InChI is InChI=1S/C14H13ClN2OS/c1-19-11-5-3-10(4-6-11)17-14(18)12-7-2-9(15)8-13(12)16/h2-8H,16H2,1H3,(H,17,18). The van der Waals surface area contributed by atoms with Crippen LogP contribution < -0.4 is 11.1 Å². The van der Waals surface area contributed by atoms with Crippen molar-refractivity contribution in [2.45, 2.75) is 4.90 Å². The van der Waals surface area contributed by atoms with Gasteiger partial charge in [-0.05, 0) is 48.7 Å². The first-order valence-corrected chi connectivity index (χ1v) is 7.21. The maximum atomic E-state index is 12.1. The molecule has 0 heterocycles. The normalized spacial score (nSPS) is 10.2. The number of benzene rings is 2. The number of nitrogens with two attached hydrogens (primary N) is 1. The average molecular weight is 293 g/mol. The van der Waals surface area contributed by atoms with Crippen molar-refractivity contribution < 1.29 is 4.79 Å². The first-order valence-electron chi connectivity index (χ1n) is 5.60. The molecule has 0 aromatic heterocycles. The van der Waals surface area contributed by atoms with E-state index >= 15 is 0 Å². The van der Waals surface area contributed by atoms with Gasteiger partial charge in [0.2, 0.25) is 0 Å². The number of halogens is 1. The lowest BCUT2D eigenvalue weighted by Gasteiger charge is -2.08. The topological polar surface area (TPSA) is 55.1 Å². The highest BCUT2D eigenvalue weighted by Crippen LogP contribution is 2.21. The third-order valence-electron chi connectivity index (χ3n) is 2.61. The molecule has 0 radical (unpaired) electrons. The predicted molar refractivity (Wildman–Crippen MR) is 82.0 cm³/mol. The third-order valence-corrected chi connectivity index (χ3v) is 3.58. The summed E-state index contributed by atoms with van der Waals surface area (Å²) in [4.78, 5) is 13.2. The number of anilines is 2. The minimum Gasteiger partial charge on any atom is -0.398 e. The quantitative estimate of drug-likeness (QED) is 0.666. The summed E-state index contributed by atoms with van der Waals surface area (Å²) >= 11 is 7.45. The van der Waals surface area contributed by atoms with E-state index in [0.29, 0.717) is 16.3 Å². The average Bonchev–Trinajstić information content (AvgIpc) is 2.39. The van der Waals surface area contributed by atoms with Crippen molar-refractivity contribution in [3.63, 3.8) is 0 Å². The van der Waals surface area contributed by atoms with Crippen LogP contribution in [0.5, 0.6) is 0 Å². The number of nitrogens with one attached hydrogen (secondary N) is 1. The van der Waals surface area contributed by atoms with Gasteiger partial charge in [0.1, 0.15) is 0 Å². The highest BCUT2D eigenvalue weighted by Gasteiger charge is 2.10. The summed E-state index contributed by atoms with van der Waals surface area (Å²) < 4.78 is 0. The molecule has 0 bridgehead atoms. The van der Waals surface area contributed by atoms with E-state index in [9.17, 15) is 4.79 Å². The molecule has 2 aromatic rings. The number of rotatable bonds is 3. The van der Waals surface area contributed by atoms with Gasteiger partial charge in [0, 0.05) is 21.3 Å². The van der Waals surface area contributed by atoms with Crippen molar-refractivity contribution in [1.82, 2.24) is 0 Å². The van der Waals surface area contributed by atoms with Gasteiger partial charge in [-0.25, -0.2) is 0 Å². The Morgan fingerprint density at radius 1 is 1.21 bits per heavy atom. The van der Waals surface area contributed by atoms with E-state index in [1.807, 2.05) is 30.5 Å². The SMILES string of the molecule is CSc1ccc(NC(=O)c2ccc(Cl)cc2N)cc1. The third kappa shape index (κ3) is 3.43. The summed E-state index contributed by atoms with van der Waals surface area (Å²) in [6.07, 6.45) is 2.00. The molecule has 3 N–H and O–H groups in total. The minimum atomic E-state index is -0.244. The van der Waals surface area contributed by atoms with Crippen LogP contribution in [0.4, 0.5) is 11.4 Å². The first-order chi connectivity index (χ1) is 9.10. The van der Waals surface area contributed by atoms with Gasteiger partial charge in [0.15, 0.2) is 0 Å². The van der Waals surface area contributed by atoms with Crippen molar-refractivity contribution in [2.24, 2.45) is 0 Å². The zero-order chi connectivity index (χ0) is 13.8. The van der Waals surface area contributed by atoms with Crippen molar-refractivity contribution in [3.05, 3.63) is 53.1 Å². The van der Waals surface area contributed by atoms with E-state index in [2.05, 4.69) is 5.32 Å². The smallest absolute Gasteiger partial charge is 0.257 e. The van der Waals surface area contributed by atoms with Gasteiger partial charge in [-0.3, -0.25) is 4.79 Å². The van der Waals surface area contributed by atoms with Crippen molar-refractivity contribution >= 4 is 40.6 Å². The molecule has 0 saturated heterocycles. The number of hydrogen-bond acceptors (Lipinski definition) is 3. The first kappa shape index (κ1) is 13.8. The fraction of sp³-hybridized carbons (Fsp3) is 0.0714. The number of carbonyl (C=O) groups excluding carboxylic acids is 1. The Kier molecular flexibility index (Phi) is 4.35. The lowest BCUT2D eigenvalue weighted by atomic mass is 10.1. The molecule has 2 rings (SSSR count). The fourth-order valence-corrected chi connectivity index (χ4v) is 2.20. The number of nitrogen functional groups attached to an aromatic ring is 1. The van der Waals surface area contributed by atoms with Gasteiger partial charge in [0.25, 0.3) is 5.91 Å². The van der Waals surface area contributed by atoms with E-state index in [-0.39, 0.29) is 5.91 Å². The van der Waals surface area contributed by atoms with Crippen LogP contribution in [0, 0.1) is 0 Å². The van der Waals surface area contributed by atoms with Crippen LogP contribution in [0.3, 0.4) is 0 Å². The summed E-state index contributed by atoms with van der Waals surface area (Å²) in [7, 11) is 0. The molecule has 0 saturated carbocycles. The molecule has 0 atom stereocenters. The molecule has 0 fully saturated rings. The molecule has 1 amide bonds. The summed E-state index contributed by atoms with van der Waals surface area (Å²) in [6, 6.07) is 12.4. The molecular formula is C14H13ClN2OS. The zero-order valence-corrected chi connectivity index (χ0v) is 11.9. The van der Waals surface area contributed by atoms with Crippen LogP contribution in [0.2, 0.25) is 5.02 Å². The van der Waals surface area contributed by atoms with Crippen LogP contribution in [0.15, 0.2) is 47.4 Å². The van der Waals surface area contributed by atoms with Gasteiger partial charge in [-0.2, -0.15) is 0 Å². The molecular weight excluding hydrogens is 280 g/mol. The summed E-state index contributed by atoms with van der Waals surface area (Å²) in [6.45, 7) is 0. The highest BCUT2D eigenvalue weighted by molar-refractivity contribution is 7.98. The summed E-state index contributed by atoms with van der Waals surface area (Å²) in [5.74, 6) is -0.244. The second-order valence-corrected chi connectivity index (χ2v) is 5.23. The molecule has 3 nitrogen and oxygen atoms in total. The molecule has 0 aliphatic heterocycles. The Morgan fingerprint density at radius 3 is 2.47 bits per heavy atom. The van der Waals surface area contributed by atoms with Gasteiger partial charge >= 0.3 is 0 Å². The fourth-order valence-electron chi connectivity index (χ4n) is 1.61. The Hall–Kier alpha value is -1.65. The highest BCUT2D eigenvalue weighted by atomic mass is 35.5. The number of hydrogen-bond donors (Lipinski definition) is 2. The van der Waals surface area contributed by atoms with Crippen LogP contribution in [-0.2, 0) is 0 Å². The molecule has 98 valence electrons. The maximum absolute atomic E-state index is 12.1. The molecule has 0 aliphatic carbocycles. The van der Waals surface area contributed by atoms with Crippen LogP contribution in [0.25, 0.3) is 0 Å². The lowest BCUT2D eigenvalue weighted by molar-refractivity contribution is 0.102. The Labute approximate surface area is 121 Å². The second-order valence-electron chi connectivity index (χ2n) is 3.91. The molecule has 19 heavy (non-hydrogen) atoms. The van der Waals surface area contributed by atoms with E-state index in [0.717, 1.165) is 10.6 Å². The van der Waals surface area contributed by atoms with Crippen molar-refractivity contribution in [2.75, 3.05) is 17.3 Å². The summed E-state index contributed by atoms with van der Waals surface area (Å²) in [5, 5.41) is 3.31. The van der Waals surface area contributed by atoms with Crippen LogP contribution >= 0.6 is 23.4 Å². The second kappa shape index (κ2) is 5.99. The zero-order valence-electron chi connectivity index (χ0n) is 10.3. The number of amides is 1. The molecule has 0 aliphatic rings. The van der Waals surface area contributed by atoms with E-state index in [1.165, 1.54) is 0 Å². The van der Waals surface area contributed by atoms with Gasteiger partial charge in [-0.1, -0.05) is 11.6 Å². The largest absolute Gasteiger partial charge is 0.398 e. The van der Waals surface area contributed by atoms with Crippen LogP contribution in [0.1, 0.15) is 10.4 Å². The predicted octanol–water partition coefficient (Wildman–Crippen LogP) is 3.90. The molecule has 2 aromatic carbocycles. The van der Waals surface area contributed by atoms with E-state index < -0.39 is 0 Å². The summed E-state index contributed by atoms with van der Waals surface area (Å²) in [5.41, 5.74) is 7.29. The molecule has 0 unspecified atom stereocenters. The monoisotopic (exact) mass is 292 g/mol. The molecule has 0 spiro atoms. The number of carbonyl (C=O) groups is 1. The van der Waals surface area contributed by atoms with Gasteiger partial charge in [-0.15, -0.1) is 11.8 Å². The van der Waals surface area contributed by atoms with Crippen molar-refractivity contribution in [1.29, 1.82) is 0 Å². The maximum Gasteiger partial charge on any atom is 0.257 e. The van der Waals surface area contributed by atoms with Crippen LogP contribution in [-0.4, -0.2) is 12.2 Å². The Morgan fingerprint density at radius 2 is 1.89 bits per heavy atom. The Bertz CT molecular complexity index is 599. The molecule has 5 heteroatoms. The van der Waals surface area contributed by atoms with Gasteiger partial charge in [0.05, 0.1) is 5.56 Å². The lowest BCUT2D eigenvalue weighted by Crippen LogP contribution is -2.13.